The van der Waals surface area contributed by atoms with Gasteiger partial charge in [-0.3, -0.25) is 10.3 Å². The van der Waals surface area contributed by atoms with Crippen LogP contribution in [0.25, 0.3) is 0 Å². The first kappa shape index (κ1) is 14.1. The summed E-state index contributed by atoms with van der Waals surface area (Å²) in [7, 11) is 0. The molecular formula is C15H29N5. The molecule has 0 aromatic heterocycles. The lowest BCUT2D eigenvalue weighted by atomic mass is 9.96. The molecule has 0 aromatic rings. The predicted octanol–water partition coefficient (Wildman–Crippen LogP) is 1.31. The van der Waals surface area contributed by atoms with Crippen LogP contribution >= 0.6 is 0 Å². The first-order valence-corrected chi connectivity index (χ1v) is 8.33. The maximum absolute atomic E-state index is 5.78. The van der Waals surface area contributed by atoms with Gasteiger partial charge in [0.2, 0.25) is 5.96 Å². The maximum atomic E-state index is 5.78. The van der Waals surface area contributed by atoms with Crippen molar-refractivity contribution in [2.24, 2.45) is 10.8 Å². The van der Waals surface area contributed by atoms with Crippen molar-refractivity contribution >= 4 is 5.96 Å². The minimum Gasteiger partial charge on any atom is -0.336 e. The zero-order valence-electron chi connectivity index (χ0n) is 12.7. The lowest BCUT2D eigenvalue weighted by Crippen LogP contribution is -2.60. The number of hydrazine groups is 1. The summed E-state index contributed by atoms with van der Waals surface area (Å²) in [4.78, 5) is 9.97. The monoisotopic (exact) mass is 279 g/mol. The zero-order valence-corrected chi connectivity index (χ0v) is 12.7. The molecule has 2 aliphatic heterocycles. The number of nitrogens with zero attached hydrogens (tertiary/aromatic N) is 3. The van der Waals surface area contributed by atoms with E-state index in [9.17, 15) is 0 Å². The predicted molar refractivity (Wildman–Crippen MR) is 82.4 cm³/mol. The van der Waals surface area contributed by atoms with Gasteiger partial charge in [-0.05, 0) is 39.2 Å². The molecule has 114 valence electrons. The molecule has 2 unspecified atom stereocenters. The Morgan fingerprint density at radius 2 is 1.90 bits per heavy atom. The fourth-order valence-electron chi connectivity index (χ4n) is 4.06. The van der Waals surface area contributed by atoms with Gasteiger partial charge >= 0.3 is 0 Å². The first-order valence-electron chi connectivity index (χ1n) is 8.33. The summed E-state index contributed by atoms with van der Waals surface area (Å²) in [5, 5.41) is 0. The number of fused-ring (bicyclic) bond motifs is 1. The van der Waals surface area contributed by atoms with Gasteiger partial charge in [0, 0.05) is 25.2 Å². The molecule has 2 heterocycles. The van der Waals surface area contributed by atoms with Crippen LogP contribution in [0.1, 0.15) is 51.9 Å². The molecule has 2 atom stereocenters. The highest BCUT2D eigenvalue weighted by molar-refractivity contribution is 5.80. The number of rotatable bonds is 1. The van der Waals surface area contributed by atoms with Crippen molar-refractivity contribution in [3.8, 4) is 0 Å². The molecule has 0 amide bonds. The Hall–Kier alpha value is -0.810. The summed E-state index contributed by atoms with van der Waals surface area (Å²) < 4.78 is 0. The minimum atomic E-state index is 0.476. The SMILES string of the molecule is CC1CN2CCCC2CN1C(=NC1CCCCC1)NN. The molecule has 3 N–H and O–H groups in total. The lowest BCUT2D eigenvalue weighted by molar-refractivity contribution is 0.106. The highest BCUT2D eigenvalue weighted by atomic mass is 15.4. The van der Waals surface area contributed by atoms with Crippen molar-refractivity contribution in [1.82, 2.24) is 15.2 Å². The lowest BCUT2D eigenvalue weighted by Gasteiger charge is -2.43. The Balaban J connectivity index is 1.69. The quantitative estimate of drug-likeness (QED) is 0.329. The van der Waals surface area contributed by atoms with E-state index in [0.717, 1.165) is 19.0 Å². The fraction of sp³-hybridized carbons (Fsp3) is 0.933. The van der Waals surface area contributed by atoms with E-state index in [-0.39, 0.29) is 0 Å². The van der Waals surface area contributed by atoms with Crippen molar-refractivity contribution in [3.63, 3.8) is 0 Å². The largest absolute Gasteiger partial charge is 0.336 e. The third kappa shape index (κ3) is 2.93. The summed E-state index contributed by atoms with van der Waals surface area (Å²) >= 11 is 0. The third-order valence-corrected chi connectivity index (χ3v) is 5.22. The van der Waals surface area contributed by atoms with Crippen LogP contribution < -0.4 is 11.3 Å². The van der Waals surface area contributed by atoms with Gasteiger partial charge < -0.3 is 4.90 Å². The minimum absolute atomic E-state index is 0.476. The van der Waals surface area contributed by atoms with Gasteiger partial charge in [-0.25, -0.2) is 10.8 Å². The van der Waals surface area contributed by atoms with Gasteiger partial charge in [0.1, 0.15) is 0 Å². The molecule has 3 aliphatic rings. The van der Waals surface area contributed by atoms with E-state index in [2.05, 4.69) is 22.1 Å². The molecular weight excluding hydrogens is 250 g/mol. The van der Waals surface area contributed by atoms with Crippen LogP contribution in [0.3, 0.4) is 0 Å². The summed E-state index contributed by atoms with van der Waals surface area (Å²) in [6.07, 6.45) is 9.12. The second-order valence-corrected chi connectivity index (χ2v) is 6.68. The Morgan fingerprint density at radius 3 is 2.65 bits per heavy atom. The molecule has 0 radical (unpaired) electrons. The standard InChI is InChI=1S/C15H29N5/c1-12-10-19-9-5-8-14(19)11-20(12)15(18-16)17-13-6-3-2-4-7-13/h12-14H,2-11,16H2,1H3,(H,17,18). The molecule has 5 nitrogen and oxygen atoms in total. The number of hydrogen-bond donors (Lipinski definition) is 2. The van der Waals surface area contributed by atoms with Gasteiger partial charge in [0.15, 0.2) is 0 Å². The highest BCUT2D eigenvalue weighted by Crippen LogP contribution is 2.25. The highest BCUT2D eigenvalue weighted by Gasteiger charge is 2.35. The van der Waals surface area contributed by atoms with Gasteiger partial charge in [0.25, 0.3) is 0 Å². The average molecular weight is 279 g/mol. The average Bonchev–Trinajstić information content (AvgIpc) is 2.92. The summed E-state index contributed by atoms with van der Waals surface area (Å²) in [5.41, 5.74) is 2.89. The summed E-state index contributed by atoms with van der Waals surface area (Å²) in [6, 6.07) is 1.68. The molecule has 3 rings (SSSR count). The molecule has 1 aliphatic carbocycles. The van der Waals surface area contributed by atoms with Crippen LogP contribution in [0.4, 0.5) is 0 Å². The van der Waals surface area contributed by atoms with E-state index in [4.69, 9.17) is 10.8 Å². The van der Waals surface area contributed by atoms with E-state index >= 15 is 0 Å². The number of aliphatic imine (C=N–C) groups is 1. The Kier molecular flexibility index (Phi) is 4.46. The second kappa shape index (κ2) is 6.31. The van der Waals surface area contributed by atoms with Crippen LogP contribution in [0.2, 0.25) is 0 Å². The summed E-state index contributed by atoms with van der Waals surface area (Å²) in [5.74, 6) is 6.71. The van der Waals surface area contributed by atoms with Gasteiger partial charge in [-0.2, -0.15) is 0 Å². The molecule has 0 bridgehead atoms. The molecule has 5 heteroatoms. The van der Waals surface area contributed by atoms with E-state index < -0.39 is 0 Å². The van der Waals surface area contributed by atoms with Crippen molar-refractivity contribution in [1.29, 1.82) is 0 Å². The number of hydrogen-bond acceptors (Lipinski definition) is 3. The molecule has 1 saturated carbocycles. The topological polar surface area (TPSA) is 56.9 Å². The summed E-state index contributed by atoms with van der Waals surface area (Å²) in [6.45, 7) is 5.79. The van der Waals surface area contributed by atoms with Gasteiger partial charge in [-0.15, -0.1) is 0 Å². The van der Waals surface area contributed by atoms with Gasteiger partial charge in [0.05, 0.1) is 6.04 Å². The molecule has 20 heavy (non-hydrogen) atoms. The molecule has 2 saturated heterocycles. The Labute approximate surface area is 122 Å². The van der Waals surface area contributed by atoms with Gasteiger partial charge in [-0.1, -0.05) is 19.3 Å². The van der Waals surface area contributed by atoms with Crippen LogP contribution in [-0.2, 0) is 0 Å². The van der Waals surface area contributed by atoms with Crippen LogP contribution in [0.5, 0.6) is 0 Å². The zero-order chi connectivity index (χ0) is 13.9. The van der Waals surface area contributed by atoms with Crippen molar-refractivity contribution in [2.75, 3.05) is 19.6 Å². The Morgan fingerprint density at radius 1 is 1.10 bits per heavy atom. The fourth-order valence-corrected chi connectivity index (χ4v) is 4.06. The maximum Gasteiger partial charge on any atom is 0.209 e. The van der Waals surface area contributed by atoms with E-state index in [1.54, 1.807) is 0 Å². The first-order chi connectivity index (χ1) is 9.78. The molecule has 0 spiro atoms. The number of piperazine rings is 1. The number of nitrogens with one attached hydrogen (secondary N) is 1. The van der Waals surface area contributed by atoms with Crippen LogP contribution in [-0.4, -0.2) is 53.5 Å². The molecule has 3 fully saturated rings. The van der Waals surface area contributed by atoms with Crippen molar-refractivity contribution in [3.05, 3.63) is 0 Å². The van der Waals surface area contributed by atoms with Crippen molar-refractivity contribution in [2.45, 2.75) is 70.0 Å². The third-order valence-electron chi connectivity index (χ3n) is 5.22. The number of nitrogens with two attached hydrogens (primary N) is 1. The molecule has 0 aromatic carbocycles. The van der Waals surface area contributed by atoms with Crippen LogP contribution in [0.15, 0.2) is 4.99 Å². The normalized spacial score (nSPS) is 33.3. The smallest absolute Gasteiger partial charge is 0.209 e. The van der Waals surface area contributed by atoms with E-state index in [1.165, 1.54) is 51.5 Å². The second-order valence-electron chi connectivity index (χ2n) is 6.68. The number of guanidine groups is 1. The van der Waals surface area contributed by atoms with E-state index in [1.807, 2.05) is 0 Å². The van der Waals surface area contributed by atoms with Crippen molar-refractivity contribution < 1.29 is 0 Å². The Bertz CT molecular complexity index is 350. The van der Waals surface area contributed by atoms with Crippen LogP contribution in [0, 0.1) is 0 Å². The van der Waals surface area contributed by atoms with E-state index in [0.29, 0.717) is 18.1 Å².